The van der Waals surface area contributed by atoms with Gasteiger partial charge in [-0.05, 0) is 73.5 Å². The van der Waals surface area contributed by atoms with E-state index in [4.69, 9.17) is 34.1 Å². The smallest absolute Gasteiger partial charge is 0.227 e. The first-order valence-corrected chi connectivity index (χ1v) is 12.0. The molecule has 0 amide bonds. The first kappa shape index (κ1) is 21.8. The maximum absolute atomic E-state index is 5.94. The molecule has 6 aromatic rings. The highest BCUT2D eigenvalue weighted by atomic mass is 32.1. The molecule has 0 radical (unpaired) electrons. The van der Waals surface area contributed by atoms with Crippen LogP contribution in [0, 0.1) is 13.8 Å². The van der Waals surface area contributed by atoms with Gasteiger partial charge in [0, 0.05) is 20.9 Å². The van der Waals surface area contributed by atoms with E-state index in [9.17, 15) is 0 Å². The normalized spacial score (nSPS) is 11.4. The standard InChI is InChI=1S/C28H21N3O2S2/c1-15-11-17(27-29-19-7-3-5-9-21(19)32-27)13-23(34)25(15)31-26-16(2)12-18(14-24(26)35)28-30-20-8-4-6-10-22(20)33-28/h3-14,31,34-35H,1-2H3. The van der Waals surface area contributed by atoms with Crippen LogP contribution in [-0.4, -0.2) is 9.97 Å². The van der Waals surface area contributed by atoms with Crippen LogP contribution in [0.15, 0.2) is 91.4 Å². The van der Waals surface area contributed by atoms with Crippen molar-refractivity contribution in [2.24, 2.45) is 0 Å². The lowest BCUT2D eigenvalue weighted by Gasteiger charge is -2.17. The van der Waals surface area contributed by atoms with Gasteiger partial charge in [-0.25, -0.2) is 9.97 Å². The number of aryl methyl sites for hydroxylation is 2. The van der Waals surface area contributed by atoms with Crippen LogP contribution in [0.1, 0.15) is 11.1 Å². The van der Waals surface area contributed by atoms with E-state index in [1.165, 1.54) is 0 Å². The van der Waals surface area contributed by atoms with Crippen molar-refractivity contribution in [3.63, 3.8) is 0 Å². The van der Waals surface area contributed by atoms with Gasteiger partial charge >= 0.3 is 0 Å². The Kier molecular flexibility index (Phi) is 5.31. The fourth-order valence-electron chi connectivity index (χ4n) is 4.23. The Hall–Kier alpha value is -3.68. The molecule has 0 saturated heterocycles. The lowest BCUT2D eigenvalue weighted by atomic mass is 10.1. The second kappa shape index (κ2) is 8.52. The largest absolute Gasteiger partial charge is 0.436 e. The molecule has 0 unspecified atom stereocenters. The lowest BCUT2D eigenvalue weighted by Crippen LogP contribution is -1.99. The highest BCUT2D eigenvalue weighted by Gasteiger charge is 2.16. The van der Waals surface area contributed by atoms with E-state index in [0.717, 1.165) is 65.6 Å². The minimum atomic E-state index is 0.574. The summed E-state index contributed by atoms with van der Waals surface area (Å²) in [5.41, 5.74) is 8.79. The number of thiol groups is 2. The van der Waals surface area contributed by atoms with Gasteiger partial charge in [0.1, 0.15) is 11.0 Å². The molecule has 0 atom stereocenters. The van der Waals surface area contributed by atoms with E-state index in [2.05, 4.69) is 15.3 Å². The Morgan fingerprint density at radius 3 is 1.46 bits per heavy atom. The molecule has 172 valence electrons. The molecule has 4 aromatic carbocycles. The van der Waals surface area contributed by atoms with E-state index >= 15 is 0 Å². The van der Waals surface area contributed by atoms with Crippen LogP contribution in [0.4, 0.5) is 11.4 Å². The van der Waals surface area contributed by atoms with Crippen molar-refractivity contribution in [3.8, 4) is 22.9 Å². The van der Waals surface area contributed by atoms with E-state index in [-0.39, 0.29) is 0 Å². The van der Waals surface area contributed by atoms with Gasteiger partial charge in [-0.2, -0.15) is 0 Å². The molecule has 0 aliphatic heterocycles. The molecule has 0 spiro atoms. The number of oxazole rings is 2. The summed E-state index contributed by atoms with van der Waals surface area (Å²) in [5, 5.41) is 3.53. The molecule has 0 bridgehead atoms. The summed E-state index contributed by atoms with van der Waals surface area (Å²) in [6.07, 6.45) is 0. The second-order valence-corrected chi connectivity index (χ2v) is 9.44. The zero-order chi connectivity index (χ0) is 24.1. The Morgan fingerprint density at radius 2 is 1.06 bits per heavy atom. The summed E-state index contributed by atoms with van der Waals surface area (Å²) in [5.74, 6) is 1.15. The fourth-order valence-corrected chi connectivity index (χ4v) is 4.97. The molecule has 6 rings (SSSR count). The number of hydrogen-bond donors (Lipinski definition) is 3. The van der Waals surface area contributed by atoms with Crippen molar-refractivity contribution in [2.75, 3.05) is 5.32 Å². The molecule has 2 aromatic heterocycles. The van der Waals surface area contributed by atoms with Crippen molar-refractivity contribution in [1.82, 2.24) is 9.97 Å². The monoisotopic (exact) mass is 495 g/mol. The third kappa shape index (κ3) is 3.96. The minimum Gasteiger partial charge on any atom is -0.436 e. The number of fused-ring (bicyclic) bond motifs is 2. The van der Waals surface area contributed by atoms with Gasteiger partial charge in [-0.15, -0.1) is 25.3 Å². The molecule has 0 fully saturated rings. The molecule has 0 aliphatic rings. The van der Waals surface area contributed by atoms with Crippen molar-refractivity contribution >= 4 is 58.8 Å². The summed E-state index contributed by atoms with van der Waals surface area (Å²) in [6.45, 7) is 4.07. The molecule has 0 saturated carbocycles. The van der Waals surface area contributed by atoms with Crippen LogP contribution in [0.25, 0.3) is 45.1 Å². The zero-order valence-corrected chi connectivity index (χ0v) is 20.8. The first-order chi connectivity index (χ1) is 17.0. The topological polar surface area (TPSA) is 64.1 Å². The average molecular weight is 496 g/mol. The molecule has 2 heterocycles. The van der Waals surface area contributed by atoms with Crippen molar-refractivity contribution in [1.29, 1.82) is 0 Å². The van der Waals surface area contributed by atoms with E-state index < -0.39 is 0 Å². The Balaban J connectivity index is 1.34. The van der Waals surface area contributed by atoms with E-state index in [0.29, 0.717) is 11.8 Å². The second-order valence-electron chi connectivity index (χ2n) is 8.47. The van der Waals surface area contributed by atoms with Crippen LogP contribution >= 0.6 is 25.3 Å². The molecule has 1 N–H and O–H groups in total. The first-order valence-electron chi connectivity index (χ1n) is 11.1. The number of rotatable bonds is 4. The molecule has 0 aliphatic carbocycles. The number of para-hydroxylation sites is 4. The molecular formula is C28H21N3O2S2. The van der Waals surface area contributed by atoms with Crippen LogP contribution < -0.4 is 5.32 Å². The Morgan fingerprint density at radius 1 is 0.629 bits per heavy atom. The van der Waals surface area contributed by atoms with Crippen LogP contribution in [-0.2, 0) is 0 Å². The summed E-state index contributed by atoms with van der Waals surface area (Å²) in [6, 6.07) is 23.5. The number of nitrogens with zero attached hydrogens (tertiary/aromatic N) is 2. The summed E-state index contributed by atoms with van der Waals surface area (Å²) < 4.78 is 11.9. The lowest BCUT2D eigenvalue weighted by molar-refractivity contribution is 0.619. The summed E-state index contributed by atoms with van der Waals surface area (Å²) in [7, 11) is 0. The third-order valence-corrected chi connectivity index (χ3v) is 6.67. The fraction of sp³-hybridized carbons (Fsp3) is 0.0714. The number of benzene rings is 4. The van der Waals surface area contributed by atoms with Gasteiger partial charge in [-0.1, -0.05) is 24.3 Å². The van der Waals surface area contributed by atoms with Gasteiger partial charge in [0.2, 0.25) is 11.8 Å². The number of aromatic nitrogens is 2. The van der Waals surface area contributed by atoms with Gasteiger partial charge in [0.05, 0.1) is 11.4 Å². The molecule has 7 heteroatoms. The van der Waals surface area contributed by atoms with Crippen molar-refractivity contribution in [2.45, 2.75) is 23.6 Å². The summed E-state index contributed by atoms with van der Waals surface area (Å²) >= 11 is 9.55. The number of nitrogens with one attached hydrogen (secondary N) is 1. The van der Waals surface area contributed by atoms with Crippen LogP contribution in [0.3, 0.4) is 0 Å². The minimum absolute atomic E-state index is 0.574. The average Bonchev–Trinajstić information content (AvgIpc) is 3.47. The van der Waals surface area contributed by atoms with Gasteiger partial charge in [0.25, 0.3) is 0 Å². The molecular weight excluding hydrogens is 474 g/mol. The number of hydrogen-bond acceptors (Lipinski definition) is 7. The maximum atomic E-state index is 5.94. The predicted octanol–water partition coefficient (Wildman–Crippen LogP) is 8.24. The van der Waals surface area contributed by atoms with Crippen LogP contribution in [0.5, 0.6) is 0 Å². The highest BCUT2D eigenvalue weighted by molar-refractivity contribution is 7.80. The summed E-state index contributed by atoms with van der Waals surface area (Å²) in [4.78, 5) is 10.8. The zero-order valence-electron chi connectivity index (χ0n) is 19.0. The van der Waals surface area contributed by atoms with E-state index in [1.54, 1.807) is 0 Å². The van der Waals surface area contributed by atoms with Crippen molar-refractivity contribution in [3.05, 3.63) is 83.9 Å². The number of anilines is 2. The van der Waals surface area contributed by atoms with E-state index in [1.807, 2.05) is 86.6 Å². The highest BCUT2D eigenvalue weighted by Crippen LogP contribution is 2.38. The SMILES string of the molecule is Cc1cc(-c2nc3ccccc3o2)cc(S)c1Nc1c(C)cc(-c2nc3ccccc3o2)cc1S. The quantitative estimate of drug-likeness (QED) is 0.215. The van der Waals surface area contributed by atoms with Crippen molar-refractivity contribution < 1.29 is 8.83 Å². The van der Waals surface area contributed by atoms with Gasteiger partial charge < -0.3 is 14.2 Å². The molecule has 5 nitrogen and oxygen atoms in total. The predicted molar refractivity (Wildman–Crippen MR) is 146 cm³/mol. The molecule has 35 heavy (non-hydrogen) atoms. The van der Waals surface area contributed by atoms with Gasteiger partial charge in [-0.3, -0.25) is 0 Å². The Labute approximate surface area is 213 Å². The van der Waals surface area contributed by atoms with Gasteiger partial charge in [0.15, 0.2) is 11.2 Å². The van der Waals surface area contributed by atoms with Crippen LogP contribution in [0.2, 0.25) is 0 Å². The third-order valence-electron chi connectivity index (χ3n) is 5.96. The maximum Gasteiger partial charge on any atom is 0.227 e. The Bertz CT molecular complexity index is 1500.